The maximum Gasteiger partial charge on any atom is 0.401 e. The summed E-state index contributed by atoms with van der Waals surface area (Å²) in [5.74, 6) is 0.826. The lowest BCUT2D eigenvalue weighted by Gasteiger charge is -2.35. The van der Waals surface area contributed by atoms with Gasteiger partial charge in [0.25, 0.3) is 0 Å². The number of rotatable bonds is 2. The van der Waals surface area contributed by atoms with Crippen LogP contribution in [0.5, 0.6) is 0 Å². The Labute approximate surface area is 118 Å². The quantitative estimate of drug-likeness (QED) is 0.827. The Kier molecular flexibility index (Phi) is 4.35. The van der Waals surface area contributed by atoms with Crippen molar-refractivity contribution in [2.24, 2.45) is 0 Å². The molecular weight excluding hydrogens is 323 g/mol. The van der Waals surface area contributed by atoms with Gasteiger partial charge in [0.05, 0.1) is 6.54 Å². The Balaban J connectivity index is 1.94. The van der Waals surface area contributed by atoms with Gasteiger partial charge in [-0.1, -0.05) is 0 Å². The number of aromatic nitrogens is 1. The molecule has 2 heterocycles. The van der Waals surface area contributed by atoms with Gasteiger partial charge < -0.3 is 4.90 Å². The van der Waals surface area contributed by atoms with Crippen molar-refractivity contribution in [3.05, 3.63) is 22.3 Å². The van der Waals surface area contributed by atoms with E-state index >= 15 is 0 Å². The van der Waals surface area contributed by atoms with E-state index in [0.29, 0.717) is 26.2 Å². The van der Waals surface area contributed by atoms with Gasteiger partial charge in [0.1, 0.15) is 5.82 Å². The lowest BCUT2D eigenvalue weighted by molar-refractivity contribution is -0.146. The Morgan fingerprint density at radius 2 is 1.89 bits per heavy atom. The molecule has 1 fully saturated rings. The molecule has 1 aliphatic heterocycles. The zero-order valence-corrected chi connectivity index (χ0v) is 12.1. The molecule has 2 rings (SSSR count). The lowest BCUT2D eigenvalue weighted by Crippen LogP contribution is -2.49. The summed E-state index contributed by atoms with van der Waals surface area (Å²) in [5, 5.41) is 0. The molecule has 0 radical (unpaired) electrons. The van der Waals surface area contributed by atoms with Crippen LogP contribution in [0.2, 0.25) is 0 Å². The van der Waals surface area contributed by atoms with Gasteiger partial charge in [-0.3, -0.25) is 4.90 Å². The van der Waals surface area contributed by atoms with Gasteiger partial charge in [0.2, 0.25) is 0 Å². The van der Waals surface area contributed by atoms with Crippen molar-refractivity contribution < 1.29 is 13.2 Å². The van der Waals surface area contributed by atoms with E-state index in [-0.39, 0.29) is 0 Å². The van der Waals surface area contributed by atoms with Gasteiger partial charge in [0.15, 0.2) is 0 Å². The van der Waals surface area contributed by atoms with E-state index in [9.17, 15) is 13.2 Å². The summed E-state index contributed by atoms with van der Waals surface area (Å²) >= 11 is 3.38. The molecular formula is C12H15BrF3N3. The number of alkyl halides is 3. The Morgan fingerprint density at radius 3 is 2.42 bits per heavy atom. The standard InChI is InChI=1S/C12H15BrF3N3/c1-9-6-11(17-7-10(9)13)19-4-2-18(3-5-19)8-12(14,15)16/h6-7H,2-5,8H2,1H3. The predicted molar refractivity (Wildman–Crippen MR) is 71.4 cm³/mol. The fourth-order valence-corrected chi connectivity index (χ4v) is 2.30. The summed E-state index contributed by atoms with van der Waals surface area (Å²) in [6.07, 6.45) is -2.39. The van der Waals surface area contributed by atoms with Crippen molar-refractivity contribution in [2.45, 2.75) is 13.1 Å². The summed E-state index contributed by atoms with van der Waals surface area (Å²) in [5.41, 5.74) is 1.07. The molecule has 0 bridgehead atoms. The lowest BCUT2D eigenvalue weighted by atomic mass is 10.2. The van der Waals surface area contributed by atoms with Crippen molar-refractivity contribution in [1.29, 1.82) is 0 Å². The molecule has 3 nitrogen and oxygen atoms in total. The van der Waals surface area contributed by atoms with Crippen LogP contribution in [0.1, 0.15) is 5.56 Å². The molecule has 0 aliphatic carbocycles. The predicted octanol–water partition coefficient (Wildman–Crippen LogP) is 2.84. The van der Waals surface area contributed by atoms with Crippen molar-refractivity contribution in [3.8, 4) is 0 Å². The molecule has 0 atom stereocenters. The number of hydrogen-bond donors (Lipinski definition) is 0. The van der Waals surface area contributed by atoms with Crippen molar-refractivity contribution in [2.75, 3.05) is 37.6 Å². The monoisotopic (exact) mass is 337 g/mol. The smallest absolute Gasteiger partial charge is 0.354 e. The average molecular weight is 338 g/mol. The molecule has 1 aromatic rings. The highest BCUT2D eigenvalue weighted by Crippen LogP contribution is 2.22. The minimum atomic E-state index is -4.12. The summed E-state index contributed by atoms with van der Waals surface area (Å²) < 4.78 is 37.8. The zero-order valence-electron chi connectivity index (χ0n) is 10.5. The van der Waals surface area contributed by atoms with Crippen LogP contribution in [0.3, 0.4) is 0 Å². The highest BCUT2D eigenvalue weighted by Gasteiger charge is 2.32. The minimum absolute atomic E-state index is 0.413. The first-order valence-electron chi connectivity index (χ1n) is 6.01. The molecule has 0 N–H and O–H groups in total. The molecule has 1 aromatic heterocycles. The molecule has 1 aliphatic rings. The largest absolute Gasteiger partial charge is 0.401 e. The van der Waals surface area contributed by atoms with E-state index in [1.165, 1.54) is 4.90 Å². The number of piperazine rings is 1. The molecule has 0 saturated carbocycles. The van der Waals surface area contributed by atoms with Crippen LogP contribution in [0, 0.1) is 6.92 Å². The highest BCUT2D eigenvalue weighted by atomic mass is 79.9. The summed E-state index contributed by atoms with van der Waals surface area (Å²) in [4.78, 5) is 7.75. The minimum Gasteiger partial charge on any atom is -0.354 e. The zero-order chi connectivity index (χ0) is 14.0. The molecule has 0 unspecified atom stereocenters. The van der Waals surface area contributed by atoms with E-state index in [0.717, 1.165) is 15.9 Å². The molecule has 0 aromatic carbocycles. The maximum atomic E-state index is 12.3. The van der Waals surface area contributed by atoms with Gasteiger partial charge in [-0.2, -0.15) is 13.2 Å². The van der Waals surface area contributed by atoms with Crippen LogP contribution in [0.25, 0.3) is 0 Å². The number of pyridine rings is 1. The SMILES string of the molecule is Cc1cc(N2CCN(CC(F)(F)F)CC2)ncc1Br. The average Bonchev–Trinajstić information content (AvgIpc) is 2.32. The molecule has 19 heavy (non-hydrogen) atoms. The van der Waals surface area contributed by atoms with Crippen LogP contribution < -0.4 is 4.90 Å². The van der Waals surface area contributed by atoms with Crippen LogP contribution in [0.15, 0.2) is 16.7 Å². The number of halogens is 4. The van der Waals surface area contributed by atoms with E-state index in [1.54, 1.807) is 6.20 Å². The van der Waals surface area contributed by atoms with Crippen molar-refractivity contribution >= 4 is 21.7 Å². The topological polar surface area (TPSA) is 19.4 Å². The van der Waals surface area contributed by atoms with Gasteiger partial charge >= 0.3 is 6.18 Å². The Hall–Kier alpha value is -0.820. The third-order valence-electron chi connectivity index (χ3n) is 3.13. The molecule has 0 spiro atoms. The van der Waals surface area contributed by atoms with Gasteiger partial charge in [-0.15, -0.1) is 0 Å². The Morgan fingerprint density at radius 1 is 1.26 bits per heavy atom. The van der Waals surface area contributed by atoms with E-state index in [1.807, 2.05) is 17.9 Å². The van der Waals surface area contributed by atoms with Gasteiger partial charge in [-0.25, -0.2) is 4.98 Å². The molecule has 106 valence electrons. The number of anilines is 1. The molecule has 7 heteroatoms. The number of hydrogen-bond acceptors (Lipinski definition) is 3. The van der Waals surface area contributed by atoms with E-state index in [2.05, 4.69) is 20.9 Å². The van der Waals surface area contributed by atoms with Crippen LogP contribution in [-0.2, 0) is 0 Å². The number of aryl methyl sites for hydroxylation is 1. The first-order valence-corrected chi connectivity index (χ1v) is 6.81. The molecule has 1 saturated heterocycles. The Bertz CT molecular complexity index is 442. The normalized spacial score (nSPS) is 17.8. The summed E-state index contributed by atoms with van der Waals surface area (Å²) in [6, 6.07) is 1.95. The van der Waals surface area contributed by atoms with Gasteiger partial charge in [0, 0.05) is 36.8 Å². The maximum absolute atomic E-state index is 12.3. The van der Waals surface area contributed by atoms with Crippen LogP contribution >= 0.6 is 15.9 Å². The van der Waals surface area contributed by atoms with Crippen LogP contribution in [-0.4, -0.2) is 48.8 Å². The second-order valence-electron chi connectivity index (χ2n) is 4.67. The fraction of sp³-hybridized carbons (Fsp3) is 0.583. The van der Waals surface area contributed by atoms with E-state index in [4.69, 9.17) is 0 Å². The first-order chi connectivity index (χ1) is 8.85. The van der Waals surface area contributed by atoms with Crippen molar-refractivity contribution in [3.63, 3.8) is 0 Å². The first kappa shape index (κ1) is 14.6. The number of nitrogens with zero attached hydrogens (tertiary/aromatic N) is 3. The van der Waals surface area contributed by atoms with Crippen molar-refractivity contribution in [1.82, 2.24) is 9.88 Å². The van der Waals surface area contributed by atoms with E-state index < -0.39 is 12.7 Å². The third kappa shape index (κ3) is 4.07. The van der Waals surface area contributed by atoms with Crippen LogP contribution in [0.4, 0.5) is 19.0 Å². The third-order valence-corrected chi connectivity index (χ3v) is 3.96. The second-order valence-corrected chi connectivity index (χ2v) is 5.52. The molecule has 0 amide bonds. The van der Waals surface area contributed by atoms with Gasteiger partial charge in [-0.05, 0) is 34.5 Å². The second kappa shape index (κ2) is 5.66. The summed E-state index contributed by atoms with van der Waals surface area (Å²) in [7, 11) is 0. The fourth-order valence-electron chi connectivity index (χ4n) is 2.09. The highest BCUT2D eigenvalue weighted by molar-refractivity contribution is 9.10. The summed E-state index contributed by atoms with van der Waals surface area (Å²) in [6.45, 7) is 3.11.